The number of halogens is 1. The number of piperazine rings is 1. The smallest absolute Gasteiger partial charge is 0.272 e. The van der Waals surface area contributed by atoms with Crippen LogP contribution in [0.25, 0.3) is 11.3 Å². The van der Waals surface area contributed by atoms with E-state index in [-0.39, 0.29) is 5.91 Å². The Hall–Kier alpha value is -2.79. The molecule has 6 heteroatoms. The number of aromatic nitrogens is 2. The molecule has 1 aromatic heterocycles. The predicted octanol–water partition coefficient (Wildman–Crippen LogP) is 4.31. The third-order valence-electron chi connectivity index (χ3n) is 5.44. The highest BCUT2D eigenvalue weighted by molar-refractivity contribution is 6.33. The number of amides is 1. The molecule has 144 valence electrons. The van der Waals surface area contributed by atoms with Crippen molar-refractivity contribution in [2.24, 2.45) is 0 Å². The lowest BCUT2D eigenvalue weighted by Gasteiger charge is -2.36. The highest BCUT2D eigenvalue weighted by atomic mass is 35.5. The van der Waals surface area contributed by atoms with E-state index in [4.69, 9.17) is 11.6 Å². The van der Waals surface area contributed by atoms with Crippen molar-refractivity contribution in [3.05, 3.63) is 70.4 Å². The molecule has 2 heterocycles. The molecule has 3 aromatic rings. The largest absolute Gasteiger partial charge is 0.368 e. The van der Waals surface area contributed by atoms with Crippen molar-refractivity contribution in [1.82, 2.24) is 15.1 Å². The van der Waals surface area contributed by atoms with Gasteiger partial charge < -0.3 is 9.80 Å². The number of aryl methyl sites for hydroxylation is 1. The Kier molecular flexibility index (Phi) is 5.09. The van der Waals surface area contributed by atoms with Crippen LogP contribution in [0.4, 0.5) is 5.69 Å². The number of hydrogen-bond acceptors (Lipinski definition) is 3. The SMILES string of the molecule is Cc1cccc(N2CCN(C(=O)c3cc(-c4ccccc4Cl)n[nH]3)CC2)c1C. The molecule has 0 spiro atoms. The Morgan fingerprint density at radius 2 is 1.79 bits per heavy atom. The van der Waals surface area contributed by atoms with Crippen LogP contribution in [0, 0.1) is 13.8 Å². The summed E-state index contributed by atoms with van der Waals surface area (Å²) in [7, 11) is 0. The summed E-state index contributed by atoms with van der Waals surface area (Å²) in [4.78, 5) is 17.1. The number of anilines is 1. The Labute approximate surface area is 169 Å². The predicted molar refractivity (Wildman–Crippen MR) is 113 cm³/mol. The minimum absolute atomic E-state index is 0.0218. The molecule has 0 unspecified atom stereocenters. The van der Waals surface area contributed by atoms with Crippen LogP contribution in [0.1, 0.15) is 21.6 Å². The van der Waals surface area contributed by atoms with Gasteiger partial charge in [-0.3, -0.25) is 9.89 Å². The van der Waals surface area contributed by atoms with Gasteiger partial charge in [0.25, 0.3) is 5.91 Å². The fourth-order valence-electron chi connectivity index (χ4n) is 3.64. The Bertz CT molecular complexity index is 1010. The van der Waals surface area contributed by atoms with E-state index < -0.39 is 0 Å². The minimum atomic E-state index is -0.0218. The average Bonchev–Trinajstić information content (AvgIpc) is 3.20. The van der Waals surface area contributed by atoms with Crippen LogP contribution in [0.5, 0.6) is 0 Å². The first-order valence-electron chi connectivity index (χ1n) is 9.45. The fourth-order valence-corrected chi connectivity index (χ4v) is 3.87. The van der Waals surface area contributed by atoms with Crippen molar-refractivity contribution in [3.63, 3.8) is 0 Å². The highest BCUT2D eigenvalue weighted by Crippen LogP contribution is 2.27. The van der Waals surface area contributed by atoms with E-state index in [1.54, 1.807) is 6.07 Å². The topological polar surface area (TPSA) is 52.2 Å². The first-order chi connectivity index (χ1) is 13.5. The van der Waals surface area contributed by atoms with E-state index in [1.165, 1.54) is 16.8 Å². The maximum atomic E-state index is 12.9. The molecule has 1 amide bonds. The van der Waals surface area contributed by atoms with Crippen LogP contribution in [-0.2, 0) is 0 Å². The molecule has 4 rings (SSSR count). The molecule has 1 aliphatic heterocycles. The van der Waals surface area contributed by atoms with Gasteiger partial charge in [-0.25, -0.2) is 0 Å². The molecule has 1 N–H and O–H groups in total. The molecule has 0 radical (unpaired) electrons. The third-order valence-corrected chi connectivity index (χ3v) is 5.77. The zero-order valence-corrected chi connectivity index (χ0v) is 16.8. The van der Waals surface area contributed by atoms with Crippen molar-refractivity contribution >= 4 is 23.2 Å². The number of H-pyrrole nitrogens is 1. The van der Waals surface area contributed by atoms with Gasteiger partial charge in [-0.15, -0.1) is 0 Å². The second kappa shape index (κ2) is 7.68. The lowest BCUT2D eigenvalue weighted by atomic mass is 10.1. The minimum Gasteiger partial charge on any atom is -0.368 e. The summed E-state index contributed by atoms with van der Waals surface area (Å²) in [6.07, 6.45) is 0. The second-order valence-electron chi connectivity index (χ2n) is 7.14. The number of aromatic amines is 1. The molecule has 0 bridgehead atoms. The molecule has 2 aromatic carbocycles. The molecule has 1 saturated heterocycles. The summed E-state index contributed by atoms with van der Waals surface area (Å²) in [6, 6.07) is 15.7. The van der Waals surface area contributed by atoms with E-state index in [0.29, 0.717) is 29.5 Å². The maximum Gasteiger partial charge on any atom is 0.272 e. The van der Waals surface area contributed by atoms with Gasteiger partial charge in [-0.2, -0.15) is 5.10 Å². The zero-order chi connectivity index (χ0) is 19.7. The number of benzene rings is 2. The van der Waals surface area contributed by atoms with Crippen molar-refractivity contribution < 1.29 is 4.79 Å². The van der Waals surface area contributed by atoms with Crippen molar-refractivity contribution in [2.75, 3.05) is 31.1 Å². The molecular weight excluding hydrogens is 372 g/mol. The van der Waals surface area contributed by atoms with Crippen LogP contribution in [0.2, 0.25) is 5.02 Å². The number of nitrogens with one attached hydrogen (secondary N) is 1. The zero-order valence-electron chi connectivity index (χ0n) is 16.1. The summed E-state index contributed by atoms with van der Waals surface area (Å²) >= 11 is 6.24. The quantitative estimate of drug-likeness (QED) is 0.720. The first-order valence-corrected chi connectivity index (χ1v) is 9.83. The molecule has 28 heavy (non-hydrogen) atoms. The Morgan fingerprint density at radius 3 is 2.54 bits per heavy atom. The number of nitrogens with zero attached hydrogens (tertiary/aromatic N) is 3. The normalized spacial score (nSPS) is 14.4. The van der Waals surface area contributed by atoms with E-state index in [0.717, 1.165) is 18.7 Å². The van der Waals surface area contributed by atoms with Crippen molar-refractivity contribution in [1.29, 1.82) is 0 Å². The van der Waals surface area contributed by atoms with E-state index in [2.05, 4.69) is 47.1 Å². The maximum absolute atomic E-state index is 12.9. The molecular formula is C22H23ClN4O. The van der Waals surface area contributed by atoms with Crippen molar-refractivity contribution in [3.8, 4) is 11.3 Å². The number of hydrogen-bond donors (Lipinski definition) is 1. The average molecular weight is 395 g/mol. The van der Waals surface area contributed by atoms with E-state index >= 15 is 0 Å². The summed E-state index contributed by atoms with van der Waals surface area (Å²) < 4.78 is 0. The standard InChI is InChI=1S/C22H23ClN4O/c1-15-6-5-9-21(16(15)2)26-10-12-27(13-11-26)22(28)20-14-19(24-25-20)17-7-3-4-8-18(17)23/h3-9,14H,10-13H2,1-2H3,(H,24,25). The molecule has 0 saturated carbocycles. The number of carbonyl (C=O) groups excluding carboxylic acids is 1. The fraction of sp³-hybridized carbons (Fsp3) is 0.273. The van der Waals surface area contributed by atoms with Gasteiger partial charge in [-0.1, -0.05) is 41.9 Å². The van der Waals surface area contributed by atoms with Gasteiger partial charge in [0.15, 0.2) is 0 Å². The molecule has 5 nitrogen and oxygen atoms in total. The molecule has 0 atom stereocenters. The van der Waals surface area contributed by atoms with Gasteiger partial charge in [0.05, 0.1) is 10.7 Å². The van der Waals surface area contributed by atoms with Gasteiger partial charge in [0, 0.05) is 37.4 Å². The summed E-state index contributed by atoms with van der Waals surface area (Å²) in [6.45, 7) is 7.30. The first kappa shape index (κ1) is 18.6. The molecule has 1 aliphatic rings. The lowest BCUT2D eigenvalue weighted by molar-refractivity contribution is 0.0741. The summed E-state index contributed by atoms with van der Waals surface area (Å²) in [5.41, 5.74) is 5.85. The second-order valence-corrected chi connectivity index (χ2v) is 7.55. The van der Waals surface area contributed by atoms with Crippen LogP contribution >= 0.6 is 11.6 Å². The Morgan fingerprint density at radius 1 is 1.04 bits per heavy atom. The van der Waals surface area contributed by atoms with Crippen molar-refractivity contribution in [2.45, 2.75) is 13.8 Å². The monoisotopic (exact) mass is 394 g/mol. The Balaban J connectivity index is 1.45. The number of carbonyl (C=O) groups is 1. The van der Waals surface area contributed by atoms with E-state index in [9.17, 15) is 4.79 Å². The molecule has 0 aliphatic carbocycles. The summed E-state index contributed by atoms with van der Waals surface area (Å²) in [5.74, 6) is -0.0218. The van der Waals surface area contributed by atoms with Crippen LogP contribution in [0.15, 0.2) is 48.5 Å². The van der Waals surface area contributed by atoms with Gasteiger partial charge in [0.1, 0.15) is 5.69 Å². The van der Waals surface area contributed by atoms with Crippen LogP contribution < -0.4 is 4.90 Å². The highest BCUT2D eigenvalue weighted by Gasteiger charge is 2.24. The van der Waals surface area contributed by atoms with Gasteiger partial charge in [0.2, 0.25) is 0 Å². The van der Waals surface area contributed by atoms with Crippen LogP contribution in [0.3, 0.4) is 0 Å². The molecule has 1 fully saturated rings. The van der Waals surface area contributed by atoms with Gasteiger partial charge >= 0.3 is 0 Å². The van der Waals surface area contributed by atoms with E-state index in [1.807, 2.05) is 29.2 Å². The lowest BCUT2D eigenvalue weighted by Crippen LogP contribution is -2.49. The third kappa shape index (κ3) is 3.50. The van der Waals surface area contributed by atoms with Gasteiger partial charge in [-0.05, 0) is 43.2 Å². The van der Waals surface area contributed by atoms with Crippen LogP contribution in [-0.4, -0.2) is 47.2 Å². The number of rotatable bonds is 3. The summed E-state index contributed by atoms with van der Waals surface area (Å²) in [5, 5.41) is 7.77.